The second-order valence-electron chi connectivity index (χ2n) is 4.38. The third kappa shape index (κ3) is 2.68. The predicted molar refractivity (Wildman–Crippen MR) is 54.1 cm³/mol. The van der Waals surface area contributed by atoms with Crippen molar-refractivity contribution in [1.29, 1.82) is 0 Å². The molecule has 1 amide bonds. The molecule has 0 radical (unpaired) electrons. The highest BCUT2D eigenvalue weighted by molar-refractivity contribution is 5.86. The highest BCUT2D eigenvalue weighted by Gasteiger charge is 2.48. The summed E-state index contributed by atoms with van der Waals surface area (Å²) in [4.78, 5) is 11.3. The number of nitrogens with one attached hydrogen (secondary N) is 1. The zero-order valence-corrected chi connectivity index (χ0v) is 9.61. The zero-order valence-electron chi connectivity index (χ0n) is 9.61. The fourth-order valence-electron chi connectivity index (χ4n) is 1.95. The third-order valence-electron chi connectivity index (χ3n) is 2.75. The van der Waals surface area contributed by atoms with Gasteiger partial charge in [-0.3, -0.25) is 4.79 Å². The van der Waals surface area contributed by atoms with Gasteiger partial charge < -0.3 is 19.9 Å². The number of methoxy groups -OCH3 is 2. The van der Waals surface area contributed by atoms with Crippen molar-refractivity contribution in [3.8, 4) is 0 Å². The highest BCUT2D eigenvalue weighted by Crippen LogP contribution is 2.30. The number of hydrogen-bond acceptors (Lipinski definition) is 4. The van der Waals surface area contributed by atoms with E-state index in [9.17, 15) is 9.90 Å². The topological polar surface area (TPSA) is 67.8 Å². The normalized spacial score (nSPS) is 26.4. The van der Waals surface area contributed by atoms with Crippen LogP contribution < -0.4 is 5.32 Å². The first-order chi connectivity index (χ1) is 6.90. The van der Waals surface area contributed by atoms with Gasteiger partial charge in [-0.1, -0.05) is 0 Å². The number of amides is 1. The number of aliphatic hydroxyl groups is 1. The summed E-state index contributed by atoms with van der Waals surface area (Å²) in [6.45, 7) is 3.27. The van der Waals surface area contributed by atoms with E-state index in [1.807, 2.05) is 0 Å². The average Bonchev–Trinajstić information content (AvgIpc) is 2.08. The molecular weight excluding hydrogens is 198 g/mol. The van der Waals surface area contributed by atoms with Gasteiger partial charge in [-0.05, 0) is 13.8 Å². The van der Waals surface area contributed by atoms with Gasteiger partial charge in [0.2, 0.25) is 5.91 Å². The van der Waals surface area contributed by atoms with Crippen LogP contribution in [-0.4, -0.2) is 43.2 Å². The van der Waals surface area contributed by atoms with Crippen LogP contribution in [0.1, 0.15) is 20.3 Å². The molecule has 0 aliphatic carbocycles. The number of β-lactam (4-membered cyclic amide) rings is 1. The third-order valence-corrected chi connectivity index (χ3v) is 2.75. The molecule has 15 heavy (non-hydrogen) atoms. The molecule has 1 fully saturated rings. The van der Waals surface area contributed by atoms with Crippen LogP contribution in [0.2, 0.25) is 0 Å². The molecule has 5 nitrogen and oxygen atoms in total. The zero-order chi connectivity index (χ0) is 11.6. The maximum atomic E-state index is 11.3. The molecule has 1 aliphatic rings. The van der Waals surface area contributed by atoms with E-state index >= 15 is 0 Å². The van der Waals surface area contributed by atoms with E-state index in [4.69, 9.17) is 9.47 Å². The van der Waals surface area contributed by atoms with Crippen molar-refractivity contribution in [2.24, 2.45) is 5.92 Å². The summed E-state index contributed by atoms with van der Waals surface area (Å²) >= 11 is 0. The molecule has 0 spiro atoms. The summed E-state index contributed by atoms with van der Waals surface area (Å²) in [7, 11) is 3.10. The Hall–Kier alpha value is -0.650. The fraction of sp³-hybridized carbons (Fsp3) is 0.900. The lowest BCUT2D eigenvalue weighted by Gasteiger charge is -2.44. The summed E-state index contributed by atoms with van der Waals surface area (Å²) < 4.78 is 10.1. The Bertz CT molecular complexity index is 232. The lowest BCUT2D eigenvalue weighted by atomic mass is 9.76. The molecule has 1 saturated heterocycles. The van der Waals surface area contributed by atoms with Crippen LogP contribution in [0.3, 0.4) is 0 Å². The molecule has 88 valence electrons. The van der Waals surface area contributed by atoms with Crippen molar-refractivity contribution in [1.82, 2.24) is 5.32 Å². The minimum absolute atomic E-state index is 0.0811. The summed E-state index contributed by atoms with van der Waals surface area (Å²) in [5.41, 5.74) is -1.00. The van der Waals surface area contributed by atoms with Crippen molar-refractivity contribution < 1.29 is 19.4 Å². The predicted octanol–water partition coefficient (Wildman–Crippen LogP) is -0.119. The van der Waals surface area contributed by atoms with Crippen molar-refractivity contribution in [2.75, 3.05) is 14.2 Å². The van der Waals surface area contributed by atoms with E-state index in [-0.39, 0.29) is 24.2 Å². The lowest BCUT2D eigenvalue weighted by molar-refractivity contribution is -0.158. The molecule has 0 aromatic rings. The van der Waals surface area contributed by atoms with E-state index in [2.05, 4.69) is 5.32 Å². The molecule has 1 aliphatic heterocycles. The van der Waals surface area contributed by atoms with Gasteiger partial charge in [0.1, 0.15) is 0 Å². The van der Waals surface area contributed by atoms with Crippen LogP contribution in [0.25, 0.3) is 0 Å². The molecule has 0 aromatic heterocycles. The maximum Gasteiger partial charge on any atom is 0.228 e. The van der Waals surface area contributed by atoms with Gasteiger partial charge in [-0.2, -0.15) is 0 Å². The first-order valence-corrected chi connectivity index (χ1v) is 4.98. The Kier molecular flexibility index (Phi) is 3.70. The van der Waals surface area contributed by atoms with Crippen LogP contribution in [0, 0.1) is 5.92 Å². The molecule has 0 saturated carbocycles. The summed E-state index contributed by atoms with van der Waals surface area (Å²) in [5.74, 6) is -0.497. The number of ether oxygens (including phenoxy) is 2. The second-order valence-corrected chi connectivity index (χ2v) is 4.38. The van der Waals surface area contributed by atoms with Crippen LogP contribution in [-0.2, 0) is 14.3 Å². The number of carbonyl (C=O) groups is 1. The summed E-state index contributed by atoms with van der Waals surface area (Å²) in [5, 5.41) is 12.5. The van der Waals surface area contributed by atoms with Crippen molar-refractivity contribution >= 4 is 5.91 Å². The van der Waals surface area contributed by atoms with Gasteiger partial charge in [0, 0.05) is 26.7 Å². The van der Waals surface area contributed by atoms with Crippen LogP contribution in [0.4, 0.5) is 0 Å². The molecule has 2 N–H and O–H groups in total. The molecular formula is C10H19NO4. The van der Waals surface area contributed by atoms with Crippen LogP contribution in [0.5, 0.6) is 0 Å². The number of carbonyl (C=O) groups excluding carboxylic acids is 1. The van der Waals surface area contributed by atoms with Crippen LogP contribution >= 0.6 is 0 Å². The van der Waals surface area contributed by atoms with E-state index in [0.717, 1.165) is 0 Å². The maximum absolute atomic E-state index is 11.3. The van der Waals surface area contributed by atoms with Crippen molar-refractivity contribution in [3.63, 3.8) is 0 Å². The molecule has 2 unspecified atom stereocenters. The van der Waals surface area contributed by atoms with Gasteiger partial charge in [-0.25, -0.2) is 0 Å². The standard InChI is InChI=1S/C10H19NO4/c1-10(2,13)8-6(11-9(8)12)5-7(14-3)15-4/h6-8,13H,5H2,1-4H3,(H,11,12). The monoisotopic (exact) mass is 217 g/mol. The van der Waals surface area contributed by atoms with Crippen molar-refractivity contribution in [3.05, 3.63) is 0 Å². The van der Waals surface area contributed by atoms with Crippen molar-refractivity contribution in [2.45, 2.75) is 38.2 Å². The van der Waals surface area contributed by atoms with Gasteiger partial charge in [-0.15, -0.1) is 0 Å². The fourth-order valence-corrected chi connectivity index (χ4v) is 1.95. The van der Waals surface area contributed by atoms with E-state index in [0.29, 0.717) is 6.42 Å². The molecule has 0 aromatic carbocycles. The Balaban J connectivity index is 2.54. The molecule has 1 heterocycles. The Morgan fingerprint density at radius 2 is 2.00 bits per heavy atom. The van der Waals surface area contributed by atoms with E-state index < -0.39 is 5.60 Å². The number of hydrogen-bond donors (Lipinski definition) is 2. The Morgan fingerprint density at radius 3 is 2.33 bits per heavy atom. The molecule has 1 rings (SSSR count). The SMILES string of the molecule is COC(CC1NC(=O)C1C(C)(C)O)OC. The molecule has 5 heteroatoms. The first-order valence-electron chi connectivity index (χ1n) is 4.98. The van der Waals surface area contributed by atoms with Gasteiger partial charge >= 0.3 is 0 Å². The molecule has 0 bridgehead atoms. The number of rotatable bonds is 5. The summed E-state index contributed by atoms with van der Waals surface area (Å²) in [6.07, 6.45) is 0.202. The van der Waals surface area contributed by atoms with Crippen LogP contribution in [0.15, 0.2) is 0 Å². The largest absolute Gasteiger partial charge is 0.390 e. The van der Waals surface area contributed by atoms with Gasteiger partial charge in [0.25, 0.3) is 0 Å². The van der Waals surface area contributed by atoms with E-state index in [1.54, 1.807) is 28.1 Å². The quantitative estimate of drug-likeness (QED) is 0.497. The summed E-state index contributed by atoms with van der Waals surface area (Å²) in [6, 6.07) is -0.0811. The first kappa shape index (κ1) is 12.4. The Labute approximate surface area is 89.8 Å². The smallest absolute Gasteiger partial charge is 0.228 e. The lowest BCUT2D eigenvalue weighted by Crippen LogP contribution is -2.66. The highest BCUT2D eigenvalue weighted by atomic mass is 16.7. The van der Waals surface area contributed by atoms with Gasteiger partial charge in [0.05, 0.1) is 11.5 Å². The molecule has 2 atom stereocenters. The average molecular weight is 217 g/mol. The van der Waals surface area contributed by atoms with E-state index in [1.165, 1.54) is 0 Å². The second kappa shape index (κ2) is 4.47. The minimum Gasteiger partial charge on any atom is -0.390 e. The van der Waals surface area contributed by atoms with Gasteiger partial charge in [0.15, 0.2) is 6.29 Å². The minimum atomic E-state index is -1.00. The Morgan fingerprint density at radius 1 is 1.47 bits per heavy atom.